The first kappa shape index (κ1) is 7.61. The summed E-state index contributed by atoms with van der Waals surface area (Å²) in [5, 5.41) is 3.31. The van der Waals surface area contributed by atoms with Crippen LogP contribution >= 0.6 is 0 Å². The van der Waals surface area contributed by atoms with E-state index in [2.05, 4.69) is 17.2 Å². The minimum atomic E-state index is -0.00412. The minimum Gasteiger partial charge on any atom is -0.313 e. The van der Waals surface area contributed by atoms with Crippen molar-refractivity contribution in [3.8, 4) is 0 Å². The molecule has 1 aromatic rings. The summed E-state index contributed by atoms with van der Waals surface area (Å²) in [6, 6.07) is 0.724. The first-order valence-corrected chi connectivity index (χ1v) is 4.28. The van der Waals surface area contributed by atoms with Gasteiger partial charge in [0.2, 0.25) is 0 Å². The summed E-state index contributed by atoms with van der Waals surface area (Å²) in [6.45, 7) is 3.11. The Hall–Kier alpha value is -1.03. The monoisotopic (exact) mass is 167 g/mol. The summed E-state index contributed by atoms with van der Waals surface area (Å²) in [4.78, 5) is 13.9. The van der Waals surface area contributed by atoms with Gasteiger partial charge in [0, 0.05) is 18.4 Å². The third-order valence-electron chi connectivity index (χ3n) is 2.52. The third-order valence-corrected chi connectivity index (χ3v) is 2.52. The van der Waals surface area contributed by atoms with Crippen LogP contribution in [-0.4, -0.2) is 22.1 Å². The van der Waals surface area contributed by atoms with E-state index in [4.69, 9.17) is 0 Å². The first-order valence-electron chi connectivity index (χ1n) is 4.28. The van der Waals surface area contributed by atoms with Crippen molar-refractivity contribution in [1.82, 2.24) is 14.9 Å². The molecule has 4 heteroatoms. The Morgan fingerprint density at radius 1 is 1.67 bits per heavy atom. The Bertz CT molecular complexity index is 314. The molecule has 2 heterocycles. The molecule has 0 bridgehead atoms. The lowest BCUT2D eigenvalue weighted by molar-refractivity contribution is 0.448. The summed E-state index contributed by atoms with van der Waals surface area (Å²) >= 11 is 0. The molecule has 0 spiro atoms. The van der Waals surface area contributed by atoms with Crippen LogP contribution in [0.3, 0.4) is 0 Å². The smallest absolute Gasteiger partial charge is 0.313 e. The van der Waals surface area contributed by atoms with Crippen LogP contribution in [0, 0.1) is 0 Å². The summed E-state index contributed by atoms with van der Waals surface area (Å²) in [5.74, 6) is 0. The predicted molar refractivity (Wildman–Crippen MR) is 46.2 cm³/mol. The van der Waals surface area contributed by atoms with Crippen LogP contribution in [0.15, 0.2) is 17.2 Å². The quantitative estimate of drug-likeness (QED) is 0.623. The fourth-order valence-corrected chi connectivity index (χ4v) is 1.82. The summed E-state index contributed by atoms with van der Waals surface area (Å²) in [6.07, 6.45) is 4.54. The summed E-state index contributed by atoms with van der Waals surface area (Å²) < 4.78 is 1.77. The maximum atomic E-state index is 11.2. The highest BCUT2D eigenvalue weighted by Crippen LogP contribution is 2.18. The zero-order valence-corrected chi connectivity index (χ0v) is 7.08. The minimum absolute atomic E-state index is 0.00412. The normalized spacial score (nSPS) is 29.4. The summed E-state index contributed by atoms with van der Waals surface area (Å²) in [7, 11) is 0. The van der Waals surface area contributed by atoms with Gasteiger partial charge >= 0.3 is 5.69 Å². The van der Waals surface area contributed by atoms with E-state index in [0.29, 0.717) is 12.1 Å². The molecule has 0 aliphatic carbocycles. The molecular formula is C8H13N3O. The Balaban J connectivity index is 2.30. The number of imidazole rings is 1. The van der Waals surface area contributed by atoms with Crippen LogP contribution in [0.2, 0.25) is 0 Å². The van der Waals surface area contributed by atoms with Gasteiger partial charge in [-0.25, -0.2) is 4.79 Å². The first-order chi connectivity index (χ1) is 5.79. The van der Waals surface area contributed by atoms with Gasteiger partial charge < -0.3 is 10.3 Å². The van der Waals surface area contributed by atoms with Crippen molar-refractivity contribution in [3.63, 3.8) is 0 Å². The number of hydrogen-bond acceptors (Lipinski definition) is 2. The topological polar surface area (TPSA) is 49.8 Å². The molecular weight excluding hydrogens is 154 g/mol. The Morgan fingerprint density at radius 2 is 2.50 bits per heavy atom. The molecule has 1 aliphatic heterocycles. The second-order valence-corrected chi connectivity index (χ2v) is 3.27. The number of H-pyrrole nitrogens is 1. The van der Waals surface area contributed by atoms with E-state index >= 15 is 0 Å². The van der Waals surface area contributed by atoms with Gasteiger partial charge in [0.05, 0.1) is 6.04 Å². The van der Waals surface area contributed by atoms with Crippen molar-refractivity contribution in [1.29, 1.82) is 0 Å². The molecule has 2 rings (SSSR count). The number of nitrogens with zero attached hydrogens (tertiary/aromatic N) is 1. The van der Waals surface area contributed by atoms with Gasteiger partial charge in [-0.15, -0.1) is 0 Å². The van der Waals surface area contributed by atoms with Crippen LogP contribution in [0.4, 0.5) is 0 Å². The van der Waals surface area contributed by atoms with Crippen LogP contribution in [0.25, 0.3) is 0 Å². The molecule has 1 saturated heterocycles. The van der Waals surface area contributed by atoms with Gasteiger partial charge in [-0.1, -0.05) is 0 Å². The largest absolute Gasteiger partial charge is 0.325 e. The molecule has 1 aliphatic rings. The van der Waals surface area contributed by atoms with E-state index in [9.17, 15) is 4.79 Å². The second kappa shape index (κ2) is 2.79. The molecule has 1 fully saturated rings. The van der Waals surface area contributed by atoms with E-state index in [1.165, 1.54) is 0 Å². The van der Waals surface area contributed by atoms with Crippen molar-refractivity contribution >= 4 is 0 Å². The molecule has 0 amide bonds. The van der Waals surface area contributed by atoms with E-state index in [0.717, 1.165) is 13.0 Å². The lowest BCUT2D eigenvalue weighted by Crippen LogP contribution is -2.30. The number of aromatic nitrogens is 2. The van der Waals surface area contributed by atoms with E-state index in [1.54, 1.807) is 10.8 Å². The second-order valence-electron chi connectivity index (χ2n) is 3.27. The maximum Gasteiger partial charge on any atom is 0.325 e. The van der Waals surface area contributed by atoms with Crippen LogP contribution < -0.4 is 11.0 Å². The van der Waals surface area contributed by atoms with Gasteiger partial charge in [-0.3, -0.25) is 4.57 Å². The Morgan fingerprint density at radius 3 is 3.00 bits per heavy atom. The van der Waals surface area contributed by atoms with Gasteiger partial charge in [0.25, 0.3) is 0 Å². The fraction of sp³-hybridized carbons (Fsp3) is 0.625. The van der Waals surface area contributed by atoms with Gasteiger partial charge in [-0.2, -0.15) is 0 Å². The molecule has 2 atom stereocenters. The lowest BCUT2D eigenvalue weighted by Gasteiger charge is -2.14. The Kier molecular flexibility index (Phi) is 1.77. The van der Waals surface area contributed by atoms with Gasteiger partial charge in [0.1, 0.15) is 0 Å². The van der Waals surface area contributed by atoms with Crippen LogP contribution in [0.5, 0.6) is 0 Å². The number of aromatic amines is 1. The lowest BCUT2D eigenvalue weighted by atomic mass is 10.1. The van der Waals surface area contributed by atoms with E-state index in [1.807, 2.05) is 6.20 Å². The van der Waals surface area contributed by atoms with E-state index in [-0.39, 0.29) is 5.69 Å². The van der Waals surface area contributed by atoms with E-state index < -0.39 is 0 Å². The van der Waals surface area contributed by atoms with Crippen molar-refractivity contribution in [2.75, 3.05) is 6.54 Å². The number of rotatable bonds is 1. The molecule has 1 aromatic heterocycles. The van der Waals surface area contributed by atoms with Crippen molar-refractivity contribution in [3.05, 3.63) is 22.9 Å². The average molecular weight is 167 g/mol. The maximum absolute atomic E-state index is 11.2. The van der Waals surface area contributed by atoms with Crippen LogP contribution in [-0.2, 0) is 0 Å². The highest BCUT2D eigenvalue weighted by atomic mass is 16.1. The van der Waals surface area contributed by atoms with Gasteiger partial charge in [-0.05, 0) is 19.9 Å². The highest BCUT2D eigenvalue weighted by Gasteiger charge is 2.24. The molecule has 2 N–H and O–H groups in total. The zero-order chi connectivity index (χ0) is 8.55. The number of nitrogens with one attached hydrogen (secondary N) is 2. The Labute approximate surface area is 70.6 Å². The zero-order valence-electron chi connectivity index (χ0n) is 7.08. The van der Waals surface area contributed by atoms with Crippen molar-refractivity contribution in [2.45, 2.75) is 25.4 Å². The molecule has 4 nitrogen and oxygen atoms in total. The molecule has 12 heavy (non-hydrogen) atoms. The van der Waals surface area contributed by atoms with Crippen molar-refractivity contribution < 1.29 is 0 Å². The van der Waals surface area contributed by atoms with Crippen LogP contribution in [0.1, 0.15) is 19.4 Å². The molecule has 0 saturated carbocycles. The molecule has 66 valence electrons. The van der Waals surface area contributed by atoms with Gasteiger partial charge in [0.15, 0.2) is 0 Å². The average Bonchev–Trinajstić information content (AvgIpc) is 2.59. The molecule has 0 radical (unpaired) electrons. The standard InChI is InChI=1S/C8H13N3O/c1-6-7(2-3-9-6)11-5-4-10-8(11)12/h4-7,9H,2-3H2,1H3,(H,10,12). The highest BCUT2D eigenvalue weighted by molar-refractivity contribution is 4.90. The molecule has 0 aromatic carbocycles. The molecule has 2 unspecified atom stereocenters. The number of hydrogen-bond donors (Lipinski definition) is 2. The third kappa shape index (κ3) is 1.08. The van der Waals surface area contributed by atoms with Crippen molar-refractivity contribution in [2.24, 2.45) is 0 Å². The predicted octanol–water partition coefficient (Wildman–Crippen LogP) is 0.0993. The SMILES string of the molecule is CC1NCCC1n1cc[nH]c1=O. The fourth-order valence-electron chi connectivity index (χ4n) is 1.82. The summed E-state index contributed by atoms with van der Waals surface area (Å²) in [5.41, 5.74) is -0.00412.